The third-order valence-corrected chi connectivity index (χ3v) is 3.70. The highest BCUT2D eigenvalue weighted by atomic mass is 16.5. The fourth-order valence-electron chi connectivity index (χ4n) is 2.14. The van der Waals surface area contributed by atoms with Gasteiger partial charge in [0.2, 0.25) is 5.89 Å². The standard InChI is InChI=1S/C13H20N2O4/c1-8(9(2)13(16)17)12-14-11(15-19-12)7-10-5-3-4-6-18-10/h8-10H,3-7H2,1-2H3,(H,16,17). The number of carboxylic acid groups (broad SMARTS) is 1. The lowest BCUT2D eigenvalue weighted by Crippen LogP contribution is -2.22. The van der Waals surface area contributed by atoms with Crippen LogP contribution in [0.3, 0.4) is 0 Å². The van der Waals surface area contributed by atoms with E-state index >= 15 is 0 Å². The van der Waals surface area contributed by atoms with E-state index in [1.165, 1.54) is 6.42 Å². The second-order valence-electron chi connectivity index (χ2n) is 5.16. The van der Waals surface area contributed by atoms with Crippen LogP contribution in [0.4, 0.5) is 0 Å². The largest absolute Gasteiger partial charge is 0.481 e. The van der Waals surface area contributed by atoms with Crippen molar-refractivity contribution in [3.8, 4) is 0 Å². The number of carboxylic acids is 1. The second-order valence-corrected chi connectivity index (χ2v) is 5.16. The van der Waals surface area contributed by atoms with Gasteiger partial charge >= 0.3 is 5.97 Å². The van der Waals surface area contributed by atoms with Crippen molar-refractivity contribution in [1.82, 2.24) is 10.1 Å². The Balaban J connectivity index is 1.96. The molecule has 0 saturated carbocycles. The van der Waals surface area contributed by atoms with Crippen LogP contribution in [0.25, 0.3) is 0 Å². The van der Waals surface area contributed by atoms with Gasteiger partial charge in [0.1, 0.15) is 0 Å². The van der Waals surface area contributed by atoms with E-state index in [-0.39, 0.29) is 12.0 Å². The molecule has 1 aliphatic heterocycles. The van der Waals surface area contributed by atoms with Crippen LogP contribution in [0.15, 0.2) is 4.52 Å². The highest BCUT2D eigenvalue weighted by Crippen LogP contribution is 2.23. The van der Waals surface area contributed by atoms with Crippen molar-refractivity contribution >= 4 is 5.97 Å². The molecular formula is C13H20N2O4. The van der Waals surface area contributed by atoms with Crippen LogP contribution in [-0.4, -0.2) is 33.9 Å². The lowest BCUT2D eigenvalue weighted by atomic mass is 9.96. The predicted octanol–water partition coefficient (Wildman–Crippen LogP) is 2.01. The third-order valence-electron chi connectivity index (χ3n) is 3.70. The molecule has 1 aliphatic rings. The molecule has 1 fully saturated rings. The van der Waals surface area contributed by atoms with E-state index in [4.69, 9.17) is 14.4 Å². The van der Waals surface area contributed by atoms with Crippen LogP contribution < -0.4 is 0 Å². The van der Waals surface area contributed by atoms with Crippen molar-refractivity contribution in [1.29, 1.82) is 0 Å². The van der Waals surface area contributed by atoms with Gasteiger partial charge in [0.25, 0.3) is 0 Å². The van der Waals surface area contributed by atoms with Gasteiger partial charge in [-0.15, -0.1) is 0 Å². The number of ether oxygens (including phenoxy) is 1. The number of carbonyl (C=O) groups is 1. The summed E-state index contributed by atoms with van der Waals surface area (Å²) in [6.45, 7) is 4.22. The lowest BCUT2D eigenvalue weighted by Gasteiger charge is -2.20. The first-order chi connectivity index (χ1) is 9.08. The van der Waals surface area contributed by atoms with E-state index in [9.17, 15) is 4.79 Å². The summed E-state index contributed by atoms with van der Waals surface area (Å²) in [6.07, 6.45) is 4.09. The summed E-state index contributed by atoms with van der Waals surface area (Å²) in [5, 5.41) is 12.9. The molecule has 106 valence electrons. The topological polar surface area (TPSA) is 85.5 Å². The maximum absolute atomic E-state index is 10.9. The molecule has 3 unspecified atom stereocenters. The van der Waals surface area contributed by atoms with E-state index in [0.29, 0.717) is 18.1 Å². The maximum Gasteiger partial charge on any atom is 0.307 e. The molecule has 6 nitrogen and oxygen atoms in total. The molecule has 6 heteroatoms. The Labute approximate surface area is 112 Å². The fraction of sp³-hybridized carbons (Fsp3) is 0.769. The van der Waals surface area contributed by atoms with E-state index in [0.717, 1.165) is 19.4 Å². The molecule has 0 bridgehead atoms. The van der Waals surface area contributed by atoms with Crippen molar-refractivity contribution < 1.29 is 19.2 Å². The number of aromatic nitrogens is 2. The Morgan fingerprint density at radius 2 is 2.26 bits per heavy atom. The first kappa shape index (κ1) is 14.0. The first-order valence-corrected chi connectivity index (χ1v) is 6.75. The Morgan fingerprint density at radius 3 is 2.89 bits per heavy atom. The SMILES string of the molecule is CC(C(=O)O)C(C)c1nc(CC2CCCCO2)no1. The van der Waals surface area contributed by atoms with Crippen LogP contribution in [-0.2, 0) is 16.0 Å². The van der Waals surface area contributed by atoms with Crippen molar-refractivity contribution in [3.63, 3.8) is 0 Å². The fourth-order valence-corrected chi connectivity index (χ4v) is 2.14. The van der Waals surface area contributed by atoms with Crippen LogP contribution in [0, 0.1) is 5.92 Å². The van der Waals surface area contributed by atoms with Crippen molar-refractivity contribution in [2.45, 2.75) is 51.6 Å². The third kappa shape index (κ3) is 3.53. The zero-order valence-corrected chi connectivity index (χ0v) is 11.3. The number of hydrogen-bond donors (Lipinski definition) is 1. The number of rotatable bonds is 5. The lowest BCUT2D eigenvalue weighted by molar-refractivity contribution is -0.141. The molecule has 1 aromatic heterocycles. The molecule has 0 radical (unpaired) electrons. The van der Waals surface area contributed by atoms with Crippen molar-refractivity contribution in [2.75, 3.05) is 6.61 Å². The molecule has 19 heavy (non-hydrogen) atoms. The Bertz CT molecular complexity index is 426. The van der Waals surface area contributed by atoms with Gasteiger partial charge in [-0.25, -0.2) is 0 Å². The molecular weight excluding hydrogens is 248 g/mol. The molecule has 0 amide bonds. The summed E-state index contributed by atoms with van der Waals surface area (Å²) < 4.78 is 10.8. The number of aliphatic carboxylic acids is 1. The van der Waals surface area contributed by atoms with Gasteiger partial charge in [0, 0.05) is 18.9 Å². The molecule has 0 aliphatic carbocycles. The average Bonchev–Trinajstić information content (AvgIpc) is 2.86. The van der Waals surface area contributed by atoms with Gasteiger partial charge in [-0.2, -0.15) is 4.98 Å². The normalized spacial score (nSPS) is 22.9. The smallest absolute Gasteiger partial charge is 0.307 e. The van der Waals surface area contributed by atoms with Gasteiger partial charge < -0.3 is 14.4 Å². The average molecular weight is 268 g/mol. The zero-order chi connectivity index (χ0) is 13.8. The van der Waals surface area contributed by atoms with E-state index in [1.54, 1.807) is 13.8 Å². The summed E-state index contributed by atoms with van der Waals surface area (Å²) in [5.41, 5.74) is 0. The quantitative estimate of drug-likeness (QED) is 0.879. The van der Waals surface area contributed by atoms with Crippen molar-refractivity contribution in [3.05, 3.63) is 11.7 Å². The Morgan fingerprint density at radius 1 is 1.47 bits per heavy atom. The van der Waals surface area contributed by atoms with E-state index in [2.05, 4.69) is 10.1 Å². The highest BCUT2D eigenvalue weighted by molar-refractivity contribution is 5.70. The molecule has 3 atom stereocenters. The summed E-state index contributed by atoms with van der Waals surface area (Å²) in [6, 6.07) is 0. The van der Waals surface area contributed by atoms with E-state index < -0.39 is 11.9 Å². The van der Waals surface area contributed by atoms with Gasteiger partial charge in [-0.1, -0.05) is 19.0 Å². The molecule has 2 rings (SSSR count). The van der Waals surface area contributed by atoms with Crippen LogP contribution in [0.5, 0.6) is 0 Å². The van der Waals surface area contributed by atoms with Crippen LogP contribution in [0.1, 0.15) is 50.7 Å². The van der Waals surface area contributed by atoms with Crippen LogP contribution in [0.2, 0.25) is 0 Å². The number of hydrogen-bond acceptors (Lipinski definition) is 5. The molecule has 1 aromatic rings. The first-order valence-electron chi connectivity index (χ1n) is 6.75. The van der Waals surface area contributed by atoms with Gasteiger partial charge in [0.05, 0.1) is 12.0 Å². The zero-order valence-electron chi connectivity index (χ0n) is 11.3. The molecule has 1 saturated heterocycles. The minimum absolute atomic E-state index is 0.159. The van der Waals surface area contributed by atoms with Gasteiger partial charge in [-0.05, 0) is 19.3 Å². The summed E-state index contributed by atoms with van der Waals surface area (Å²) >= 11 is 0. The molecule has 2 heterocycles. The van der Waals surface area contributed by atoms with Gasteiger partial charge in [0.15, 0.2) is 5.82 Å². The Kier molecular flexibility index (Phi) is 4.52. The summed E-state index contributed by atoms with van der Waals surface area (Å²) in [4.78, 5) is 15.2. The second kappa shape index (κ2) is 6.14. The van der Waals surface area contributed by atoms with E-state index in [1.807, 2.05) is 0 Å². The number of nitrogens with zero attached hydrogens (tertiary/aromatic N) is 2. The minimum Gasteiger partial charge on any atom is -0.481 e. The molecule has 1 N–H and O–H groups in total. The summed E-state index contributed by atoms with van der Waals surface area (Å²) in [5.74, 6) is -0.694. The van der Waals surface area contributed by atoms with Gasteiger partial charge in [-0.3, -0.25) is 4.79 Å². The predicted molar refractivity (Wildman–Crippen MR) is 66.8 cm³/mol. The highest BCUT2D eigenvalue weighted by Gasteiger charge is 2.26. The minimum atomic E-state index is -0.858. The Hall–Kier alpha value is -1.43. The molecule has 0 aromatic carbocycles. The van der Waals surface area contributed by atoms with Crippen molar-refractivity contribution in [2.24, 2.45) is 5.92 Å². The van der Waals surface area contributed by atoms with Crippen LogP contribution >= 0.6 is 0 Å². The monoisotopic (exact) mass is 268 g/mol. The summed E-state index contributed by atoms with van der Waals surface area (Å²) in [7, 11) is 0. The molecule has 0 spiro atoms. The maximum atomic E-state index is 10.9.